The SMILES string of the molecule is CCNC(=NCC(c1cccc(OC)c1)N(C)C)NCCN(C)CCCOC.I. The first-order valence-electron chi connectivity index (χ1n) is 10.0. The number of aliphatic imine (C=N–C) groups is 1. The van der Waals surface area contributed by atoms with Gasteiger partial charge in [-0.2, -0.15) is 0 Å². The van der Waals surface area contributed by atoms with Crippen LogP contribution in [0.15, 0.2) is 29.3 Å². The van der Waals surface area contributed by atoms with E-state index in [1.807, 2.05) is 12.1 Å². The van der Waals surface area contributed by atoms with Crippen LogP contribution in [0.3, 0.4) is 0 Å². The van der Waals surface area contributed by atoms with Gasteiger partial charge in [-0.1, -0.05) is 12.1 Å². The third-order valence-corrected chi connectivity index (χ3v) is 4.54. The molecule has 8 heteroatoms. The molecule has 0 aliphatic heterocycles. The number of halogens is 1. The molecule has 0 aromatic heterocycles. The summed E-state index contributed by atoms with van der Waals surface area (Å²) < 4.78 is 10.5. The van der Waals surface area contributed by atoms with Gasteiger partial charge in [0.15, 0.2) is 5.96 Å². The summed E-state index contributed by atoms with van der Waals surface area (Å²) in [5.74, 6) is 1.72. The largest absolute Gasteiger partial charge is 0.497 e. The number of methoxy groups -OCH3 is 2. The number of hydrogen-bond acceptors (Lipinski definition) is 5. The van der Waals surface area contributed by atoms with E-state index >= 15 is 0 Å². The molecule has 0 fully saturated rings. The molecule has 1 atom stereocenters. The van der Waals surface area contributed by atoms with E-state index in [0.29, 0.717) is 6.54 Å². The molecule has 0 saturated carbocycles. The van der Waals surface area contributed by atoms with Crippen molar-refractivity contribution in [2.45, 2.75) is 19.4 Å². The zero-order chi connectivity index (χ0) is 20.8. The van der Waals surface area contributed by atoms with Crippen LogP contribution in [0.1, 0.15) is 24.9 Å². The highest BCUT2D eigenvalue weighted by atomic mass is 127. The second kappa shape index (κ2) is 16.7. The fourth-order valence-corrected chi connectivity index (χ4v) is 2.89. The second-order valence-corrected chi connectivity index (χ2v) is 7.05. The van der Waals surface area contributed by atoms with Crippen LogP contribution in [0.4, 0.5) is 0 Å². The number of ether oxygens (including phenoxy) is 2. The quantitative estimate of drug-likeness (QED) is 0.180. The van der Waals surface area contributed by atoms with Gasteiger partial charge in [0.25, 0.3) is 0 Å². The van der Waals surface area contributed by atoms with E-state index in [-0.39, 0.29) is 30.0 Å². The van der Waals surface area contributed by atoms with Crippen molar-refractivity contribution in [2.75, 3.05) is 74.7 Å². The molecule has 0 saturated heterocycles. The second-order valence-electron chi connectivity index (χ2n) is 7.05. The van der Waals surface area contributed by atoms with Gasteiger partial charge in [-0.15, -0.1) is 24.0 Å². The molecule has 7 nitrogen and oxygen atoms in total. The predicted octanol–water partition coefficient (Wildman–Crippen LogP) is 2.44. The summed E-state index contributed by atoms with van der Waals surface area (Å²) in [7, 11) is 9.73. The Bertz CT molecular complexity index is 572. The maximum atomic E-state index is 5.37. The minimum atomic E-state index is 0. The highest BCUT2D eigenvalue weighted by Gasteiger charge is 2.15. The van der Waals surface area contributed by atoms with Crippen LogP contribution in [0.2, 0.25) is 0 Å². The molecule has 168 valence electrons. The summed E-state index contributed by atoms with van der Waals surface area (Å²) in [5, 5.41) is 6.77. The van der Waals surface area contributed by atoms with Crippen LogP contribution < -0.4 is 15.4 Å². The summed E-state index contributed by atoms with van der Waals surface area (Å²) in [5.41, 5.74) is 1.20. The van der Waals surface area contributed by atoms with Crippen molar-refractivity contribution < 1.29 is 9.47 Å². The van der Waals surface area contributed by atoms with Gasteiger partial charge in [0.05, 0.1) is 19.7 Å². The van der Waals surface area contributed by atoms with Gasteiger partial charge in [0, 0.05) is 39.9 Å². The van der Waals surface area contributed by atoms with Crippen LogP contribution in [0.5, 0.6) is 5.75 Å². The van der Waals surface area contributed by atoms with Crippen molar-refractivity contribution in [1.82, 2.24) is 20.4 Å². The Kier molecular flexibility index (Phi) is 16.0. The summed E-state index contributed by atoms with van der Waals surface area (Å²) in [6.07, 6.45) is 1.05. The topological polar surface area (TPSA) is 61.4 Å². The zero-order valence-corrected chi connectivity index (χ0v) is 21.2. The third-order valence-electron chi connectivity index (χ3n) is 4.54. The van der Waals surface area contributed by atoms with E-state index in [9.17, 15) is 0 Å². The fourth-order valence-electron chi connectivity index (χ4n) is 2.89. The minimum absolute atomic E-state index is 0. The Morgan fingerprint density at radius 2 is 1.90 bits per heavy atom. The molecule has 0 aliphatic rings. The Hall–Kier alpha value is -1.10. The first kappa shape index (κ1) is 27.9. The van der Waals surface area contributed by atoms with Gasteiger partial charge in [0.2, 0.25) is 0 Å². The Labute approximate surface area is 194 Å². The molecule has 1 aromatic carbocycles. The Balaban J connectivity index is 0.00000784. The number of likely N-dealkylation sites (N-methyl/N-ethyl adjacent to an activating group) is 2. The molecule has 2 N–H and O–H groups in total. The average Bonchev–Trinajstić information content (AvgIpc) is 2.68. The molecule has 1 rings (SSSR count). The van der Waals surface area contributed by atoms with Crippen LogP contribution in [0.25, 0.3) is 0 Å². The first-order valence-corrected chi connectivity index (χ1v) is 10.0. The van der Waals surface area contributed by atoms with Crippen LogP contribution in [-0.2, 0) is 4.74 Å². The zero-order valence-electron chi connectivity index (χ0n) is 18.9. The minimum Gasteiger partial charge on any atom is -0.497 e. The maximum Gasteiger partial charge on any atom is 0.191 e. The molecule has 0 spiro atoms. The maximum absolute atomic E-state index is 5.37. The molecule has 0 radical (unpaired) electrons. The van der Waals surface area contributed by atoms with Gasteiger partial charge in [0.1, 0.15) is 5.75 Å². The van der Waals surface area contributed by atoms with E-state index in [1.165, 1.54) is 5.56 Å². The Morgan fingerprint density at radius 3 is 2.52 bits per heavy atom. The van der Waals surface area contributed by atoms with Crippen molar-refractivity contribution in [3.05, 3.63) is 29.8 Å². The highest BCUT2D eigenvalue weighted by Crippen LogP contribution is 2.22. The molecular formula is C21H40IN5O2. The van der Waals surface area contributed by atoms with E-state index in [1.54, 1.807) is 14.2 Å². The van der Waals surface area contributed by atoms with Crippen LogP contribution in [0, 0.1) is 0 Å². The lowest BCUT2D eigenvalue weighted by molar-refractivity contribution is 0.180. The first-order chi connectivity index (χ1) is 13.5. The molecule has 1 aromatic rings. The molecule has 1 unspecified atom stereocenters. The number of nitrogens with zero attached hydrogens (tertiary/aromatic N) is 3. The van der Waals surface area contributed by atoms with Gasteiger partial charge < -0.3 is 29.9 Å². The average molecular weight is 521 g/mol. The molecule has 0 heterocycles. The molecular weight excluding hydrogens is 481 g/mol. The van der Waals surface area contributed by atoms with E-state index in [4.69, 9.17) is 14.5 Å². The van der Waals surface area contributed by atoms with Gasteiger partial charge in [-0.25, -0.2) is 0 Å². The lowest BCUT2D eigenvalue weighted by atomic mass is 10.1. The van der Waals surface area contributed by atoms with Crippen LogP contribution in [-0.4, -0.2) is 90.5 Å². The van der Waals surface area contributed by atoms with Gasteiger partial charge in [-0.05, 0) is 52.2 Å². The lowest BCUT2D eigenvalue weighted by Crippen LogP contribution is -2.41. The van der Waals surface area contributed by atoms with Crippen molar-refractivity contribution in [3.63, 3.8) is 0 Å². The van der Waals surface area contributed by atoms with Crippen LogP contribution >= 0.6 is 24.0 Å². The smallest absolute Gasteiger partial charge is 0.191 e. The number of rotatable bonds is 13. The molecule has 0 amide bonds. The van der Waals surface area contributed by atoms with E-state index < -0.39 is 0 Å². The van der Waals surface area contributed by atoms with Crippen molar-refractivity contribution >= 4 is 29.9 Å². The summed E-state index contributed by atoms with van der Waals surface area (Å²) >= 11 is 0. The monoisotopic (exact) mass is 521 g/mol. The number of guanidine groups is 1. The number of nitrogens with one attached hydrogen (secondary N) is 2. The number of benzene rings is 1. The normalized spacial score (nSPS) is 12.6. The van der Waals surface area contributed by atoms with E-state index in [0.717, 1.165) is 50.9 Å². The third kappa shape index (κ3) is 11.6. The molecule has 0 aliphatic carbocycles. The fraction of sp³-hybridized carbons (Fsp3) is 0.667. The van der Waals surface area contributed by atoms with Gasteiger partial charge >= 0.3 is 0 Å². The Morgan fingerprint density at radius 1 is 1.14 bits per heavy atom. The summed E-state index contributed by atoms with van der Waals surface area (Å²) in [4.78, 5) is 9.30. The lowest BCUT2D eigenvalue weighted by Gasteiger charge is -2.24. The van der Waals surface area contributed by atoms with Gasteiger partial charge in [-0.3, -0.25) is 4.99 Å². The predicted molar refractivity (Wildman–Crippen MR) is 133 cm³/mol. The van der Waals surface area contributed by atoms with Crippen molar-refractivity contribution in [1.29, 1.82) is 0 Å². The summed E-state index contributed by atoms with van der Waals surface area (Å²) in [6, 6.07) is 8.38. The van der Waals surface area contributed by atoms with E-state index in [2.05, 4.69) is 60.6 Å². The van der Waals surface area contributed by atoms with Crippen molar-refractivity contribution in [3.8, 4) is 5.75 Å². The highest BCUT2D eigenvalue weighted by molar-refractivity contribution is 14.0. The van der Waals surface area contributed by atoms with Crippen molar-refractivity contribution in [2.24, 2.45) is 4.99 Å². The number of hydrogen-bond donors (Lipinski definition) is 2. The summed E-state index contributed by atoms with van der Waals surface area (Å²) in [6.45, 7) is 7.22. The molecule has 29 heavy (non-hydrogen) atoms. The molecule has 0 bridgehead atoms. The standard InChI is InChI=1S/C21H39N5O2.HI/c1-7-22-21(23-12-14-26(4)13-9-15-27-5)24-17-20(25(2)3)18-10-8-11-19(16-18)28-6;/h8,10-11,16,20H,7,9,12-15,17H2,1-6H3,(H2,22,23,24);1H.